The van der Waals surface area contributed by atoms with Gasteiger partial charge in [0.25, 0.3) is 5.91 Å². The van der Waals surface area contributed by atoms with Crippen molar-refractivity contribution in [3.63, 3.8) is 0 Å². The summed E-state index contributed by atoms with van der Waals surface area (Å²) in [5, 5.41) is 0. The Balaban J connectivity index is 1.45. The van der Waals surface area contributed by atoms with E-state index in [0.717, 1.165) is 49.0 Å². The Labute approximate surface area is 167 Å². The molecular weight excluding hydrogens is 372 g/mol. The zero-order valence-electron chi connectivity index (χ0n) is 16.5. The molecule has 0 spiro atoms. The van der Waals surface area contributed by atoms with Crippen LogP contribution >= 0.6 is 0 Å². The number of hydrogen-bond acceptors (Lipinski definition) is 3. The molecule has 1 aliphatic rings. The minimum atomic E-state index is -3.46. The third kappa shape index (κ3) is 5.20. The van der Waals surface area contributed by atoms with Crippen molar-refractivity contribution in [2.45, 2.75) is 38.0 Å². The van der Waals surface area contributed by atoms with Gasteiger partial charge in [-0.25, -0.2) is 13.1 Å². The summed E-state index contributed by atoms with van der Waals surface area (Å²) >= 11 is 0. The van der Waals surface area contributed by atoms with Crippen LogP contribution in [0, 0.1) is 19.8 Å². The molecule has 0 bridgehead atoms. The van der Waals surface area contributed by atoms with Gasteiger partial charge in [-0.2, -0.15) is 0 Å². The predicted octanol–water partition coefficient (Wildman–Crippen LogP) is 3.52. The second-order valence-corrected chi connectivity index (χ2v) is 9.37. The lowest BCUT2D eigenvalue weighted by Gasteiger charge is -2.32. The summed E-state index contributed by atoms with van der Waals surface area (Å²) in [6, 6.07) is 14.5. The standard InChI is InChI=1S/C22H28N2O3S/c1-17-3-7-20(8-4-17)22(25)24-15-12-19(13-16-24)11-14-23-28(26,27)21-9-5-18(2)6-10-21/h3-10,19,23H,11-16H2,1-2H3. The van der Waals surface area contributed by atoms with E-state index in [9.17, 15) is 13.2 Å². The molecule has 6 heteroatoms. The molecule has 0 saturated carbocycles. The van der Waals surface area contributed by atoms with Crippen LogP contribution in [-0.2, 0) is 10.0 Å². The van der Waals surface area contributed by atoms with Crippen molar-refractivity contribution in [2.24, 2.45) is 5.92 Å². The van der Waals surface area contributed by atoms with Crippen LogP contribution in [0.2, 0.25) is 0 Å². The molecule has 28 heavy (non-hydrogen) atoms. The zero-order valence-corrected chi connectivity index (χ0v) is 17.3. The number of aryl methyl sites for hydroxylation is 2. The van der Waals surface area contributed by atoms with E-state index in [2.05, 4.69) is 4.72 Å². The van der Waals surface area contributed by atoms with Crippen LogP contribution in [0.3, 0.4) is 0 Å². The summed E-state index contributed by atoms with van der Waals surface area (Å²) in [7, 11) is -3.46. The average Bonchev–Trinajstić information content (AvgIpc) is 2.69. The van der Waals surface area contributed by atoms with E-state index >= 15 is 0 Å². The first-order chi connectivity index (χ1) is 13.3. The van der Waals surface area contributed by atoms with Gasteiger partial charge in [-0.3, -0.25) is 4.79 Å². The Hall–Kier alpha value is -2.18. The molecule has 0 aromatic heterocycles. The Bertz CT molecular complexity index is 898. The molecule has 0 atom stereocenters. The fourth-order valence-corrected chi connectivity index (χ4v) is 4.55. The first-order valence-electron chi connectivity index (χ1n) is 9.77. The van der Waals surface area contributed by atoms with E-state index in [-0.39, 0.29) is 5.91 Å². The molecule has 1 heterocycles. The second-order valence-electron chi connectivity index (χ2n) is 7.60. The molecule has 5 nitrogen and oxygen atoms in total. The van der Waals surface area contributed by atoms with Crippen molar-refractivity contribution >= 4 is 15.9 Å². The van der Waals surface area contributed by atoms with Gasteiger partial charge in [0.15, 0.2) is 0 Å². The van der Waals surface area contributed by atoms with Gasteiger partial charge in [-0.05, 0) is 63.3 Å². The van der Waals surface area contributed by atoms with Gasteiger partial charge in [-0.1, -0.05) is 35.4 Å². The number of carbonyl (C=O) groups excluding carboxylic acids is 1. The highest BCUT2D eigenvalue weighted by molar-refractivity contribution is 7.89. The van der Waals surface area contributed by atoms with E-state index in [4.69, 9.17) is 0 Å². The number of likely N-dealkylation sites (tertiary alicyclic amines) is 1. The third-order valence-corrected chi connectivity index (χ3v) is 6.85. The molecule has 1 aliphatic heterocycles. The fraction of sp³-hybridized carbons (Fsp3) is 0.409. The number of carbonyl (C=O) groups is 1. The first kappa shape index (κ1) is 20.6. The SMILES string of the molecule is Cc1ccc(C(=O)N2CCC(CCNS(=O)(=O)c3ccc(C)cc3)CC2)cc1. The highest BCUT2D eigenvalue weighted by atomic mass is 32.2. The normalized spacial score (nSPS) is 15.6. The number of nitrogens with zero attached hydrogens (tertiary/aromatic N) is 1. The van der Waals surface area contributed by atoms with Crippen molar-refractivity contribution in [1.82, 2.24) is 9.62 Å². The van der Waals surface area contributed by atoms with Crippen LogP contribution in [0.1, 0.15) is 40.7 Å². The molecule has 0 radical (unpaired) electrons. The number of benzene rings is 2. The van der Waals surface area contributed by atoms with Crippen molar-refractivity contribution in [2.75, 3.05) is 19.6 Å². The molecular formula is C22H28N2O3S. The van der Waals surface area contributed by atoms with E-state index < -0.39 is 10.0 Å². The molecule has 1 amide bonds. The van der Waals surface area contributed by atoms with E-state index in [1.807, 2.05) is 43.0 Å². The van der Waals surface area contributed by atoms with E-state index in [0.29, 0.717) is 17.4 Å². The van der Waals surface area contributed by atoms with Crippen molar-refractivity contribution in [3.05, 3.63) is 65.2 Å². The van der Waals surface area contributed by atoms with Gasteiger partial charge in [0.2, 0.25) is 10.0 Å². The van der Waals surface area contributed by atoms with Gasteiger partial charge in [0, 0.05) is 25.2 Å². The summed E-state index contributed by atoms with van der Waals surface area (Å²) in [5.74, 6) is 0.515. The summed E-state index contributed by atoms with van der Waals surface area (Å²) in [4.78, 5) is 14.8. The predicted molar refractivity (Wildman–Crippen MR) is 111 cm³/mol. The Kier molecular flexibility index (Phi) is 6.52. The molecule has 2 aromatic carbocycles. The van der Waals surface area contributed by atoms with Crippen LogP contribution in [0.15, 0.2) is 53.4 Å². The van der Waals surface area contributed by atoms with Crippen molar-refractivity contribution in [3.8, 4) is 0 Å². The van der Waals surface area contributed by atoms with Gasteiger partial charge in [0.1, 0.15) is 0 Å². The van der Waals surface area contributed by atoms with Crippen molar-refractivity contribution < 1.29 is 13.2 Å². The summed E-state index contributed by atoms with van der Waals surface area (Å²) in [5.41, 5.74) is 2.91. The Morgan fingerprint density at radius 2 is 1.50 bits per heavy atom. The van der Waals surface area contributed by atoms with Gasteiger partial charge < -0.3 is 4.90 Å². The highest BCUT2D eigenvalue weighted by Crippen LogP contribution is 2.22. The number of amides is 1. The Morgan fingerprint density at radius 3 is 2.07 bits per heavy atom. The van der Waals surface area contributed by atoms with Crippen LogP contribution in [0.4, 0.5) is 0 Å². The zero-order chi connectivity index (χ0) is 20.1. The highest BCUT2D eigenvalue weighted by Gasteiger charge is 2.24. The molecule has 150 valence electrons. The number of nitrogens with one attached hydrogen (secondary N) is 1. The van der Waals surface area contributed by atoms with E-state index in [1.54, 1.807) is 24.3 Å². The van der Waals surface area contributed by atoms with Gasteiger partial charge in [0.05, 0.1) is 4.90 Å². The third-order valence-electron chi connectivity index (χ3n) is 5.38. The number of hydrogen-bond donors (Lipinski definition) is 1. The lowest BCUT2D eigenvalue weighted by atomic mass is 9.93. The minimum absolute atomic E-state index is 0.0820. The molecule has 1 fully saturated rings. The largest absolute Gasteiger partial charge is 0.339 e. The van der Waals surface area contributed by atoms with Crippen LogP contribution < -0.4 is 4.72 Å². The monoisotopic (exact) mass is 400 g/mol. The molecule has 2 aromatic rings. The van der Waals surface area contributed by atoms with Crippen LogP contribution in [0.5, 0.6) is 0 Å². The van der Waals surface area contributed by atoms with Crippen LogP contribution in [0.25, 0.3) is 0 Å². The molecule has 1 saturated heterocycles. The molecule has 0 unspecified atom stereocenters. The van der Waals surface area contributed by atoms with Crippen LogP contribution in [-0.4, -0.2) is 38.9 Å². The summed E-state index contributed by atoms with van der Waals surface area (Å²) in [6.45, 7) is 5.81. The lowest BCUT2D eigenvalue weighted by molar-refractivity contribution is 0.0687. The Morgan fingerprint density at radius 1 is 0.964 bits per heavy atom. The molecule has 1 N–H and O–H groups in total. The number of rotatable bonds is 6. The molecule has 0 aliphatic carbocycles. The quantitative estimate of drug-likeness (QED) is 0.807. The summed E-state index contributed by atoms with van der Waals surface area (Å²) < 4.78 is 27.4. The van der Waals surface area contributed by atoms with Gasteiger partial charge in [-0.15, -0.1) is 0 Å². The van der Waals surface area contributed by atoms with Crippen molar-refractivity contribution in [1.29, 1.82) is 0 Å². The maximum absolute atomic E-state index is 12.6. The topological polar surface area (TPSA) is 66.5 Å². The maximum atomic E-state index is 12.6. The fourth-order valence-electron chi connectivity index (χ4n) is 3.50. The summed E-state index contributed by atoms with van der Waals surface area (Å²) in [6.07, 6.45) is 2.60. The molecule has 3 rings (SSSR count). The van der Waals surface area contributed by atoms with Gasteiger partial charge >= 0.3 is 0 Å². The van der Waals surface area contributed by atoms with E-state index in [1.165, 1.54) is 0 Å². The first-order valence-corrected chi connectivity index (χ1v) is 11.3. The second kappa shape index (κ2) is 8.88. The smallest absolute Gasteiger partial charge is 0.253 e. The maximum Gasteiger partial charge on any atom is 0.253 e. The lowest BCUT2D eigenvalue weighted by Crippen LogP contribution is -2.39. The number of piperidine rings is 1. The average molecular weight is 401 g/mol. The number of sulfonamides is 1. The minimum Gasteiger partial charge on any atom is -0.339 e.